The molecule has 2 aromatic heterocycles. The van der Waals surface area contributed by atoms with Crippen LogP contribution < -0.4 is 10.1 Å². The van der Waals surface area contributed by atoms with E-state index in [1.54, 1.807) is 25.6 Å². The molecule has 2 heterocycles. The van der Waals surface area contributed by atoms with Gasteiger partial charge in [0.25, 0.3) is 5.91 Å². The number of aliphatic imine (C=N–C) groups is 1. The summed E-state index contributed by atoms with van der Waals surface area (Å²) in [7, 11) is 1.59. The number of hydrogen-bond donors (Lipinski definition) is 1. The molecule has 7 heteroatoms. The van der Waals surface area contributed by atoms with Crippen molar-refractivity contribution in [3.8, 4) is 17.0 Å². The van der Waals surface area contributed by atoms with Crippen LogP contribution in [0.3, 0.4) is 0 Å². The van der Waals surface area contributed by atoms with E-state index in [-0.39, 0.29) is 18.0 Å². The first-order chi connectivity index (χ1) is 11.7. The van der Waals surface area contributed by atoms with Crippen LogP contribution in [0.2, 0.25) is 0 Å². The molecule has 1 aliphatic carbocycles. The minimum absolute atomic E-state index is 0.124. The maximum atomic E-state index is 12.2. The SMILES string of the molecule is COc1ccc(-c2ccc(C(=O)NC3CC(N=C=S)C3)nc2)nc1. The molecule has 1 N–H and O–H groups in total. The number of rotatable bonds is 5. The van der Waals surface area contributed by atoms with E-state index in [4.69, 9.17) is 4.74 Å². The highest BCUT2D eigenvalue weighted by Crippen LogP contribution is 2.23. The second-order valence-corrected chi connectivity index (χ2v) is 5.71. The highest BCUT2D eigenvalue weighted by molar-refractivity contribution is 7.78. The molecule has 0 aliphatic heterocycles. The quantitative estimate of drug-likeness (QED) is 0.668. The number of carbonyl (C=O) groups excluding carboxylic acids is 1. The van der Waals surface area contributed by atoms with Crippen LogP contribution in [0.4, 0.5) is 0 Å². The summed E-state index contributed by atoms with van der Waals surface area (Å²) >= 11 is 4.57. The zero-order valence-corrected chi connectivity index (χ0v) is 13.9. The molecule has 1 fully saturated rings. The maximum absolute atomic E-state index is 12.2. The molecule has 2 aromatic rings. The van der Waals surface area contributed by atoms with E-state index in [1.165, 1.54) is 0 Å². The van der Waals surface area contributed by atoms with E-state index in [0.29, 0.717) is 11.4 Å². The average Bonchev–Trinajstić information content (AvgIpc) is 2.60. The van der Waals surface area contributed by atoms with Gasteiger partial charge >= 0.3 is 0 Å². The van der Waals surface area contributed by atoms with Gasteiger partial charge in [-0.1, -0.05) is 0 Å². The number of amides is 1. The van der Waals surface area contributed by atoms with Gasteiger partial charge in [-0.3, -0.25) is 14.8 Å². The maximum Gasteiger partial charge on any atom is 0.270 e. The number of ether oxygens (including phenoxy) is 1. The largest absolute Gasteiger partial charge is 0.495 e. The number of nitrogens with zero attached hydrogens (tertiary/aromatic N) is 3. The molecule has 1 aliphatic rings. The third kappa shape index (κ3) is 3.64. The number of carbonyl (C=O) groups is 1. The Morgan fingerprint density at radius 2 is 2.12 bits per heavy atom. The van der Waals surface area contributed by atoms with Gasteiger partial charge in [-0.25, -0.2) is 4.99 Å². The number of isothiocyanates is 1. The van der Waals surface area contributed by atoms with E-state index in [0.717, 1.165) is 24.1 Å². The standard InChI is InChI=1S/C17H16N4O2S/c1-23-14-3-5-15(19-9-14)11-2-4-16(18-8-11)17(22)21-13-6-12(7-13)20-10-24/h2-5,8-9,12-13H,6-7H2,1H3,(H,21,22). The van der Waals surface area contributed by atoms with Gasteiger partial charge in [-0.05, 0) is 49.3 Å². The van der Waals surface area contributed by atoms with Crippen molar-refractivity contribution in [2.75, 3.05) is 7.11 Å². The predicted molar refractivity (Wildman–Crippen MR) is 93.3 cm³/mol. The normalized spacial score (nSPS) is 18.9. The Hall–Kier alpha value is -2.63. The number of pyridine rings is 2. The lowest BCUT2D eigenvalue weighted by molar-refractivity contribution is 0.0905. The zero-order valence-electron chi connectivity index (χ0n) is 13.1. The fourth-order valence-electron chi connectivity index (χ4n) is 2.50. The monoisotopic (exact) mass is 340 g/mol. The van der Waals surface area contributed by atoms with Gasteiger partial charge in [0.05, 0.1) is 30.2 Å². The van der Waals surface area contributed by atoms with Crippen molar-refractivity contribution in [1.82, 2.24) is 15.3 Å². The summed E-state index contributed by atoms with van der Waals surface area (Å²) in [6, 6.07) is 7.52. The van der Waals surface area contributed by atoms with Crippen LogP contribution in [0.1, 0.15) is 23.3 Å². The van der Waals surface area contributed by atoms with Crippen LogP contribution in [-0.4, -0.2) is 40.2 Å². The Bertz CT molecular complexity index is 764. The Morgan fingerprint density at radius 3 is 2.71 bits per heavy atom. The minimum atomic E-state index is -0.181. The van der Waals surface area contributed by atoms with Crippen molar-refractivity contribution in [3.63, 3.8) is 0 Å². The minimum Gasteiger partial charge on any atom is -0.495 e. The molecule has 0 saturated heterocycles. The number of thiocarbonyl (C=S) groups is 1. The van der Waals surface area contributed by atoms with Crippen LogP contribution in [0.25, 0.3) is 11.3 Å². The second kappa shape index (κ2) is 7.29. The highest BCUT2D eigenvalue weighted by Gasteiger charge is 2.30. The Balaban J connectivity index is 1.61. The van der Waals surface area contributed by atoms with E-state index in [9.17, 15) is 4.79 Å². The molecule has 0 aromatic carbocycles. The average molecular weight is 340 g/mol. The topological polar surface area (TPSA) is 76.5 Å². The van der Waals surface area contributed by atoms with Crippen molar-refractivity contribution in [2.24, 2.45) is 4.99 Å². The first-order valence-electron chi connectivity index (χ1n) is 7.54. The molecule has 0 spiro atoms. The van der Waals surface area contributed by atoms with E-state index in [1.807, 2.05) is 18.2 Å². The lowest BCUT2D eigenvalue weighted by Gasteiger charge is -2.32. The summed E-state index contributed by atoms with van der Waals surface area (Å²) in [5.41, 5.74) is 2.00. The molecule has 0 unspecified atom stereocenters. The van der Waals surface area contributed by atoms with Gasteiger partial charge in [-0.15, -0.1) is 0 Å². The van der Waals surface area contributed by atoms with Gasteiger partial charge < -0.3 is 10.1 Å². The highest BCUT2D eigenvalue weighted by atomic mass is 32.1. The molecule has 0 radical (unpaired) electrons. The molecule has 24 heavy (non-hydrogen) atoms. The molecule has 1 amide bonds. The van der Waals surface area contributed by atoms with Gasteiger partial charge in [0.1, 0.15) is 11.4 Å². The van der Waals surface area contributed by atoms with Crippen molar-refractivity contribution in [2.45, 2.75) is 24.9 Å². The molecule has 0 bridgehead atoms. The summed E-state index contributed by atoms with van der Waals surface area (Å²) in [5, 5.41) is 5.31. The number of methoxy groups -OCH3 is 1. The van der Waals surface area contributed by atoms with Gasteiger partial charge in [0.15, 0.2) is 0 Å². The van der Waals surface area contributed by atoms with Crippen LogP contribution in [0.5, 0.6) is 5.75 Å². The zero-order chi connectivity index (χ0) is 16.9. The summed E-state index contributed by atoms with van der Waals surface area (Å²) in [6.45, 7) is 0. The Labute approximate surface area is 145 Å². The summed E-state index contributed by atoms with van der Waals surface area (Å²) in [4.78, 5) is 24.7. The third-order valence-electron chi connectivity index (χ3n) is 3.95. The second-order valence-electron chi connectivity index (χ2n) is 5.53. The molecule has 3 rings (SSSR count). The third-order valence-corrected chi connectivity index (χ3v) is 4.05. The Kier molecular flexibility index (Phi) is 4.93. The lowest BCUT2D eigenvalue weighted by atomic mass is 9.87. The first-order valence-corrected chi connectivity index (χ1v) is 7.94. The predicted octanol–water partition coefficient (Wildman–Crippen LogP) is 2.52. The number of nitrogens with one attached hydrogen (secondary N) is 1. The summed E-state index contributed by atoms with van der Waals surface area (Å²) in [6.07, 6.45) is 4.88. The van der Waals surface area contributed by atoms with E-state index in [2.05, 4.69) is 37.7 Å². The van der Waals surface area contributed by atoms with Crippen LogP contribution in [0.15, 0.2) is 41.7 Å². The molecular weight excluding hydrogens is 324 g/mol. The van der Waals surface area contributed by atoms with Gasteiger partial charge in [0, 0.05) is 17.8 Å². The van der Waals surface area contributed by atoms with Gasteiger partial charge in [-0.2, -0.15) is 0 Å². The first kappa shape index (κ1) is 16.2. The number of hydrogen-bond acceptors (Lipinski definition) is 6. The summed E-state index contributed by atoms with van der Waals surface area (Å²) < 4.78 is 5.08. The molecule has 122 valence electrons. The fourth-order valence-corrected chi connectivity index (χ4v) is 2.65. The fraction of sp³-hybridized carbons (Fsp3) is 0.294. The lowest BCUT2D eigenvalue weighted by Crippen LogP contribution is -2.46. The molecule has 6 nitrogen and oxygen atoms in total. The number of aromatic nitrogens is 2. The van der Waals surface area contributed by atoms with Crippen LogP contribution >= 0.6 is 12.2 Å². The summed E-state index contributed by atoms with van der Waals surface area (Å²) in [5.74, 6) is 0.513. The van der Waals surface area contributed by atoms with E-state index < -0.39 is 0 Å². The van der Waals surface area contributed by atoms with Crippen molar-refractivity contribution in [3.05, 3.63) is 42.4 Å². The van der Waals surface area contributed by atoms with Crippen LogP contribution in [0, 0.1) is 0 Å². The van der Waals surface area contributed by atoms with Crippen molar-refractivity contribution in [1.29, 1.82) is 0 Å². The van der Waals surface area contributed by atoms with Crippen molar-refractivity contribution < 1.29 is 9.53 Å². The van der Waals surface area contributed by atoms with Gasteiger partial charge in [0.2, 0.25) is 0 Å². The van der Waals surface area contributed by atoms with Crippen molar-refractivity contribution >= 4 is 23.3 Å². The Morgan fingerprint density at radius 1 is 1.29 bits per heavy atom. The molecular formula is C17H16N4O2S. The molecule has 0 atom stereocenters. The smallest absolute Gasteiger partial charge is 0.270 e. The molecule has 1 saturated carbocycles. The van der Waals surface area contributed by atoms with E-state index >= 15 is 0 Å². The van der Waals surface area contributed by atoms with Crippen LogP contribution in [-0.2, 0) is 0 Å².